The van der Waals surface area contributed by atoms with Gasteiger partial charge < -0.3 is 25.3 Å². The van der Waals surface area contributed by atoms with Gasteiger partial charge in [-0.05, 0) is 83.5 Å². The molecule has 248 valence electrons. The Kier molecular flexibility index (Phi) is 18.2. The number of nitrogens with zero attached hydrogens (tertiary/aromatic N) is 4. The fraction of sp³-hybridized carbons (Fsp3) is 0.676. The molecule has 2 N–H and O–H groups in total. The highest BCUT2D eigenvalue weighted by Gasteiger charge is 2.35. The second-order valence-corrected chi connectivity index (χ2v) is 12.9. The summed E-state index contributed by atoms with van der Waals surface area (Å²) in [5.41, 5.74) is 1.11. The molecule has 44 heavy (non-hydrogen) atoms. The van der Waals surface area contributed by atoms with E-state index in [9.17, 15) is 19.2 Å². The molecule has 2 aliphatic heterocycles. The van der Waals surface area contributed by atoms with Crippen molar-refractivity contribution in [3.05, 3.63) is 36.2 Å². The van der Waals surface area contributed by atoms with Crippen molar-refractivity contribution in [3.8, 4) is 0 Å². The van der Waals surface area contributed by atoms with E-state index in [2.05, 4.69) is 55.1 Å². The van der Waals surface area contributed by atoms with Crippen molar-refractivity contribution in [1.82, 2.24) is 25.0 Å². The van der Waals surface area contributed by atoms with Crippen LogP contribution in [-0.4, -0.2) is 95.2 Å². The zero-order chi connectivity index (χ0) is 33.2. The van der Waals surface area contributed by atoms with Crippen LogP contribution in [0.5, 0.6) is 0 Å². The monoisotopic (exact) mass is 614 g/mol. The lowest BCUT2D eigenvalue weighted by atomic mass is 9.99. The molecule has 1 aromatic heterocycles. The summed E-state index contributed by atoms with van der Waals surface area (Å²) in [5, 5.41) is 5.20. The number of anilines is 1. The van der Waals surface area contributed by atoms with Gasteiger partial charge in [0.15, 0.2) is 0 Å². The zero-order valence-corrected chi connectivity index (χ0v) is 28.6. The molecular formula is C34H58N6O4. The highest BCUT2D eigenvalue weighted by atomic mass is 16.2. The summed E-state index contributed by atoms with van der Waals surface area (Å²) >= 11 is 0. The number of pyridine rings is 1. The minimum absolute atomic E-state index is 0.0531. The van der Waals surface area contributed by atoms with Gasteiger partial charge in [-0.3, -0.25) is 24.2 Å². The van der Waals surface area contributed by atoms with Gasteiger partial charge in [-0.25, -0.2) is 0 Å². The van der Waals surface area contributed by atoms with Crippen molar-refractivity contribution in [2.45, 2.75) is 106 Å². The normalized spacial score (nSPS) is 17.7. The minimum Gasteiger partial charge on any atom is -0.350 e. The number of hydrogen-bond donors (Lipinski definition) is 2. The summed E-state index contributed by atoms with van der Waals surface area (Å²) in [5.74, 6) is 0.192. The highest BCUT2D eigenvalue weighted by Crippen LogP contribution is 2.23. The van der Waals surface area contributed by atoms with Gasteiger partial charge in [-0.2, -0.15) is 0 Å². The van der Waals surface area contributed by atoms with Crippen LogP contribution >= 0.6 is 0 Å². The van der Waals surface area contributed by atoms with Crippen molar-refractivity contribution in [2.24, 2.45) is 11.8 Å². The first-order valence-electron chi connectivity index (χ1n) is 16.2. The molecule has 0 aliphatic carbocycles. The number of nitrogens with one attached hydrogen (secondary N) is 2. The van der Waals surface area contributed by atoms with Gasteiger partial charge in [0.25, 0.3) is 0 Å². The molecule has 2 saturated heterocycles. The Labute approximate surface area is 266 Å². The summed E-state index contributed by atoms with van der Waals surface area (Å²) in [6, 6.07) is 3.30. The number of carbonyl (C=O) groups is 4. The number of likely N-dealkylation sites (tertiary alicyclic amines) is 2. The molecule has 3 heterocycles. The van der Waals surface area contributed by atoms with Gasteiger partial charge >= 0.3 is 0 Å². The summed E-state index contributed by atoms with van der Waals surface area (Å²) in [7, 11) is 1.65. The van der Waals surface area contributed by atoms with Crippen LogP contribution in [0.4, 0.5) is 5.69 Å². The molecule has 0 saturated carbocycles. The van der Waals surface area contributed by atoms with Gasteiger partial charge in [-0.1, -0.05) is 47.1 Å². The van der Waals surface area contributed by atoms with E-state index in [4.69, 9.17) is 0 Å². The molecule has 2 aliphatic rings. The Balaban J connectivity index is 0.000000615. The molecule has 2 fully saturated rings. The molecular weight excluding hydrogens is 556 g/mol. The molecule has 0 spiro atoms. The van der Waals surface area contributed by atoms with Crippen molar-refractivity contribution < 1.29 is 19.2 Å². The third-order valence-corrected chi connectivity index (χ3v) is 7.50. The molecule has 4 amide bonds. The van der Waals surface area contributed by atoms with Crippen LogP contribution in [0.3, 0.4) is 0 Å². The van der Waals surface area contributed by atoms with E-state index in [1.807, 2.05) is 13.8 Å². The van der Waals surface area contributed by atoms with E-state index in [0.717, 1.165) is 18.4 Å². The third kappa shape index (κ3) is 14.0. The number of rotatable bonds is 10. The van der Waals surface area contributed by atoms with Gasteiger partial charge in [0.1, 0.15) is 6.04 Å². The van der Waals surface area contributed by atoms with Crippen LogP contribution in [-0.2, 0) is 19.2 Å². The quantitative estimate of drug-likeness (QED) is 0.291. The Morgan fingerprint density at radius 3 is 2.07 bits per heavy atom. The molecule has 10 nitrogen and oxygen atoms in total. The SMILES string of the molecule is C/C(=C\[C@H](C(C)C)N(C)C(=O)CNC=O)C(=O)N1CCC[C@H]1C(=O)Nc1ccncc1.CC(C)C.CC(C)N1CCCCC1. The van der Waals surface area contributed by atoms with Gasteiger partial charge in [0.2, 0.25) is 24.1 Å². The Morgan fingerprint density at radius 1 is 0.977 bits per heavy atom. The molecule has 0 bridgehead atoms. The summed E-state index contributed by atoms with van der Waals surface area (Å²) in [6.07, 6.45) is 11.0. The van der Waals surface area contributed by atoms with Gasteiger partial charge in [-0.15, -0.1) is 0 Å². The molecule has 0 aromatic carbocycles. The van der Waals surface area contributed by atoms with Crippen molar-refractivity contribution >= 4 is 29.8 Å². The standard InChI is InChI=1S/C22H31N5O4.C8H17N.C4H10/c1-15(2)19(26(4)20(29)13-24-14-28)12-16(3)22(31)27-11-5-6-18(27)21(30)25-17-7-9-23-10-8-17;1-8(2)9-6-4-3-5-7-9;1-4(2)3/h7-10,12,14-15,18-19H,5-6,11,13H2,1-4H3,(H,24,28)(H,23,25,30);8H,3-7H2,1-2H3;4H,1-3H3/b16-12+;;/t18-,19+;;/m0../s1. The number of hydrogen-bond acceptors (Lipinski definition) is 6. The number of carbonyl (C=O) groups excluding carboxylic acids is 4. The number of likely N-dealkylation sites (N-methyl/N-ethyl adjacent to an activating group) is 1. The predicted octanol–water partition coefficient (Wildman–Crippen LogP) is 4.73. The maximum atomic E-state index is 13.1. The second kappa shape index (κ2) is 20.6. The molecule has 1 aromatic rings. The summed E-state index contributed by atoms with van der Waals surface area (Å²) < 4.78 is 0. The Bertz CT molecular complexity index is 1030. The van der Waals surface area contributed by atoms with E-state index in [1.54, 1.807) is 49.5 Å². The topological polar surface area (TPSA) is 115 Å². The van der Waals surface area contributed by atoms with Crippen molar-refractivity contribution in [3.63, 3.8) is 0 Å². The Morgan fingerprint density at radius 2 is 1.57 bits per heavy atom. The van der Waals surface area contributed by atoms with E-state index in [-0.39, 0.29) is 36.2 Å². The van der Waals surface area contributed by atoms with Gasteiger partial charge in [0.05, 0.1) is 12.6 Å². The average molecular weight is 615 g/mol. The lowest BCUT2D eigenvalue weighted by Crippen LogP contribution is -2.45. The molecule has 10 heteroatoms. The number of aromatic nitrogens is 1. The highest BCUT2D eigenvalue weighted by molar-refractivity contribution is 6.01. The predicted molar refractivity (Wildman–Crippen MR) is 178 cm³/mol. The molecule has 3 rings (SSSR count). The van der Waals surface area contributed by atoms with E-state index in [1.165, 1.54) is 37.3 Å². The maximum Gasteiger partial charge on any atom is 0.249 e. The van der Waals surface area contributed by atoms with Crippen LogP contribution < -0.4 is 10.6 Å². The van der Waals surface area contributed by atoms with Crippen LogP contribution in [0.15, 0.2) is 36.2 Å². The van der Waals surface area contributed by atoms with E-state index >= 15 is 0 Å². The minimum atomic E-state index is -0.544. The van der Waals surface area contributed by atoms with Gasteiger partial charge in [0, 0.05) is 43.3 Å². The van der Waals surface area contributed by atoms with Crippen LogP contribution in [0, 0.1) is 11.8 Å². The van der Waals surface area contributed by atoms with E-state index in [0.29, 0.717) is 30.6 Å². The molecule has 0 radical (unpaired) electrons. The van der Waals surface area contributed by atoms with Crippen LogP contribution in [0.25, 0.3) is 0 Å². The number of amides is 4. The average Bonchev–Trinajstić information content (AvgIpc) is 3.49. The van der Waals surface area contributed by atoms with Crippen LogP contribution in [0.2, 0.25) is 0 Å². The third-order valence-electron chi connectivity index (χ3n) is 7.50. The van der Waals surface area contributed by atoms with Crippen molar-refractivity contribution in [2.75, 3.05) is 38.5 Å². The molecule has 0 unspecified atom stereocenters. The summed E-state index contributed by atoms with van der Waals surface area (Å²) in [6.45, 7) is 19.7. The fourth-order valence-corrected chi connectivity index (χ4v) is 5.10. The zero-order valence-electron chi connectivity index (χ0n) is 28.6. The largest absolute Gasteiger partial charge is 0.350 e. The van der Waals surface area contributed by atoms with Crippen LogP contribution in [0.1, 0.15) is 87.5 Å². The lowest BCUT2D eigenvalue weighted by Gasteiger charge is -2.30. The van der Waals surface area contributed by atoms with E-state index < -0.39 is 6.04 Å². The fourth-order valence-electron chi connectivity index (χ4n) is 5.10. The summed E-state index contributed by atoms with van der Waals surface area (Å²) in [4.78, 5) is 58.3. The number of piperidine rings is 1. The first-order valence-corrected chi connectivity index (χ1v) is 16.2. The molecule has 2 atom stereocenters. The maximum absolute atomic E-state index is 13.1. The lowest BCUT2D eigenvalue weighted by molar-refractivity contribution is -0.133. The van der Waals surface area contributed by atoms with Crippen molar-refractivity contribution in [1.29, 1.82) is 0 Å². The smallest absolute Gasteiger partial charge is 0.249 e. The second-order valence-electron chi connectivity index (χ2n) is 12.9. The first-order chi connectivity index (χ1) is 20.8. The Hall–Kier alpha value is -3.27. The first kappa shape index (κ1) is 38.8.